The zero-order valence-electron chi connectivity index (χ0n) is 10.3. The lowest BCUT2D eigenvalue weighted by Crippen LogP contribution is -1.98. The normalized spacial score (nSPS) is 17.8. The molecule has 4 rings (SSSR count). The summed E-state index contributed by atoms with van der Waals surface area (Å²) in [6, 6.07) is 16.4. The fourth-order valence-corrected chi connectivity index (χ4v) is 4.12. The highest BCUT2D eigenvalue weighted by Gasteiger charge is 2.21. The van der Waals surface area contributed by atoms with Crippen molar-refractivity contribution >= 4 is 21.7 Å². The Labute approximate surface area is 113 Å². The van der Waals surface area contributed by atoms with Crippen molar-refractivity contribution in [2.75, 3.05) is 5.75 Å². The summed E-state index contributed by atoms with van der Waals surface area (Å²) < 4.78 is 12.3. The second-order valence-corrected chi connectivity index (χ2v) is 6.36. The van der Waals surface area contributed by atoms with Crippen molar-refractivity contribution in [3.05, 3.63) is 54.1 Å². The maximum Gasteiger partial charge on any atom is 0.0539 e. The summed E-state index contributed by atoms with van der Waals surface area (Å²) >= 11 is 0. The van der Waals surface area contributed by atoms with Crippen LogP contribution in [0.3, 0.4) is 0 Å². The summed E-state index contributed by atoms with van der Waals surface area (Å²) in [7, 11) is -0.900. The third kappa shape index (κ3) is 1.58. The number of aryl methyl sites for hydroxylation is 1. The molecule has 0 saturated carbocycles. The van der Waals surface area contributed by atoms with Crippen molar-refractivity contribution in [1.29, 1.82) is 0 Å². The number of hydrogen-bond acceptors (Lipinski definition) is 1. The molecule has 1 unspecified atom stereocenters. The van der Waals surface area contributed by atoms with Gasteiger partial charge in [-0.1, -0.05) is 36.4 Å². The van der Waals surface area contributed by atoms with E-state index in [0.717, 1.165) is 28.1 Å². The highest BCUT2D eigenvalue weighted by atomic mass is 32.2. The number of para-hydroxylation sites is 1. The van der Waals surface area contributed by atoms with Crippen LogP contribution in [0, 0.1) is 0 Å². The van der Waals surface area contributed by atoms with Crippen molar-refractivity contribution in [3.63, 3.8) is 0 Å². The van der Waals surface area contributed by atoms with E-state index in [1.54, 1.807) is 0 Å². The van der Waals surface area contributed by atoms with Gasteiger partial charge >= 0.3 is 0 Å². The first-order valence-corrected chi connectivity index (χ1v) is 7.74. The van der Waals surface area contributed by atoms with Crippen LogP contribution >= 0.6 is 0 Å². The van der Waals surface area contributed by atoms with Gasteiger partial charge in [0.15, 0.2) is 0 Å². The minimum atomic E-state index is -0.900. The topological polar surface area (TPSA) is 32.9 Å². The van der Waals surface area contributed by atoms with Crippen LogP contribution in [0.5, 0.6) is 0 Å². The molecule has 94 valence electrons. The number of hydrogen-bond donors (Lipinski definition) is 1. The lowest BCUT2D eigenvalue weighted by atomic mass is 10.0. The lowest BCUT2D eigenvalue weighted by molar-refractivity contribution is 0.683. The Morgan fingerprint density at radius 1 is 1.00 bits per heavy atom. The first-order valence-electron chi connectivity index (χ1n) is 6.42. The van der Waals surface area contributed by atoms with E-state index in [4.69, 9.17) is 0 Å². The van der Waals surface area contributed by atoms with E-state index in [1.165, 1.54) is 10.9 Å². The van der Waals surface area contributed by atoms with E-state index < -0.39 is 10.8 Å². The number of aromatic amines is 1. The molecule has 0 spiro atoms. The van der Waals surface area contributed by atoms with Crippen LogP contribution in [-0.2, 0) is 17.2 Å². The van der Waals surface area contributed by atoms with E-state index in [9.17, 15) is 4.21 Å². The molecule has 0 fully saturated rings. The van der Waals surface area contributed by atoms with Crippen LogP contribution in [0.4, 0.5) is 0 Å². The minimum absolute atomic E-state index is 0.700. The predicted octanol–water partition coefficient (Wildman–Crippen LogP) is 3.50. The molecular formula is C16H13NOS. The number of aromatic nitrogens is 1. The Morgan fingerprint density at radius 2 is 1.79 bits per heavy atom. The Balaban J connectivity index is 2.11. The third-order valence-electron chi connectivity index (χ3n) is 3.75. The summed E-state index contributed by atoms with van der Waals surface area (Å²) in [5.41, 5.74) is 4.69. The van der Waals surface area contributed by atoms with E-state index in [-0.39, 0.29) is 0 Å². The van der Waals surface area contributed by atoms with E-state index >= 15 is 0 Å². The van der Waals surface area contributed by atoms with Crippen molar-refractivity contribution in [2.45, 2.75) is 11.3 Å². The number of nitrogens with one attached hydrogen (secondary N) is 1. The van der Waals surface area contributed by atoms with Crippen molar-refractivity contribution in [3.8, 4) is 11.3 Å². The van der Waals surface area contributed by atoms with Crippen molar-refractivity contribution in [2.24, 2.45) is 0 Å². The van der Waals surface area contributed by atoms with E-state index in [1.807, 2.05) is 24.3 Å². The maximum absolute atomic E-state index is 12.3. The molecule has 3 aromatic rings. The summed E-state index contributed by atoms with van der Waals surface area (Å²) in [6.45, 7) is 0. The Hall–Kier alpha value is -1.87. The van der Waals surface area contributed by atoms with Gasteiger partial charge in [-0.15, -0.1) is 0 Å². The van der Waals surface area contributed by atoms with Crippen LogP contribution in [0.2, 0.25) is 0 Å². The van der Waals surface area contributed by atoms with Gasteiger partial charge in [0, 0.05) is 27.1 Å². The largest absolute Gasteiger partial charge is 0.354 e. The molecule has 0 bridgehead atoms. The third-order valence-corrected chi connectivity index (χ3v) is 5.17. The molecule has 1 N–H and O–H groups in total. The summed E-state index contributed by atoms with van der Waals surface area (Å²) in [6.07, 6.45) is 0.862. The monoisotopic (exact) mass is 267 g/mol. The van der Waals surface area contributed by atoms with Gasteiger partial charge in [-0.3, -0.25) is 4.21 Å². The average molecular weight is 267 g/mol. The quantitative estimate of drug-likeness (QED) is 0.664. The number of H-pyrrole nitrogens is 1. The molecule has 0 aliphatic carbocycles. The minimum Gasteiger partial charge on any atom is -0.354 e. The molecule has 19 heavy (non-hydrogen) atoms. The Morgan fingerprint density at radius 3 is 2.74 bits per heavy atom. The van der Waals surface area contributed by atoms with Gasteiger partial charge in [0.25, 0.3) is 0 Å². The van der Waals surface area contributed by atoms with Gasteiger partial charge in [-0.2, -0.15) is 0 Å². The second-order valence-electron chi connectivity index (χ2n) is 4.82. The molecule has 2 aromatic carbocycles. The van der Waals surface area contributed by atoms with Crippen molar-refractivity contribution < 1.29 is 4.21 Å². The van der Waals surface area contributed by atoms with E-state index in [0.29, 0.717) is 5.75 Å². The van der Waals surface area contributed by atoms with Gasteiger partial charge in [-0.05, 0) is 24.1 Å². The van der Waals surface area contributed by atoms with Gasteiger partial charge in [0.1, 0.15) is 0 Å². The SMILES string of the molecule is O=S1CCc2c([nH]c3ccccc23)-c2ccccc21. The molecular weight excluding hydrogens is 254 g/mol. The Bertz CT molecular complexity index is 803. The fraction of sp³-hybridized carbons (Fsp3) is 0.125. The van der Waals surface area contributed by atoms with Crippen LogP contribution in [-0.4, -0.2) is 14.9 Å². The molecule has 3 heteroatoms. The molecule has 1 aliphatic rings. The first kappa shape index (κ1) is 11.0. The summed E-state index contributed by atoms with van der Waals surface area (Å²) in [5, 5.41) is 1.26. The molecule has 1 aromatic heterocycles. The van der Waals surface area contributed by atoms with Gasteiger partial charge in [0.2, 0.25) is 0 Å². The molecule has 2 nitrogen and oxygen atoms in total. The van der Waals surface area contributed by atoms with Crippen molar-refractivity contribution in [1.82, 2.24) is 4.98 Å². The maximum atomic E-state index is 12.3. The smallest absolute Gasteiger partial charge is 0.0539 e. The molecule has 0 amide bonds. The van der Waals surface area contributed by atoms with Gasteiger partial charge in [0.05, 0.1) is 16.5 Å². The van der Waals surface area contributed by atoms with Crippen LogP contribution in [0.25, 0.3) is 22.2 Å². The van der Waals surface area contributed by atoms with Crippen LogP contribution in [0.1, 0.15) is 5.56 Å². The number of rotatable bonds is 0. The standard InChI is InChI=1S/C16H13NOS/c18-19-10-9-12-11-5-1-3-7-14(11)17-16(12)13-6-2-4-8-15(13)19/h1-8,17H,9-10H2. The van der Waals surface area contributed by atoms with Crippen LogP contribution < -0.4 is 0 Å². The van der Waals surface area contributed by atoms with E-state index in [2.05, 4.69) is 29.2 Å². The van der Waals surface area contributed by atoms with Gasteiger partial charge in [-0.25, -0.2) is 0 Å². The molecule has 1 aliphatic heterocycles. The summed E-state index contributed by atoms with van der Waals surface area (Å²) in [5.74, 6) is 0.700. The molecule has 0 radical (unpaired) electrons. The molecule has 1 atom stereocenters. The number of fused-ring (bicyclic) bond motifs is 5. The average Bonchev–Trinajstić information content (AvgIpc) is 2.77. The predicted molar refractivity (Wildman–Crippen MR) is 78.7 cm³/mol. The highest BCUT2D eigenvalue weighted by molar-refractivity contribution is 7.85. The number of benzene rings is 2. The lowest BCUT2D eigenvalue weighted by Gasteiger charge is -2.04. The zero-order chi connectivity index (χ0) is 12.8. The second kappa shape index (κ2) is 4.07. The van der Waals surface area contributed by atoms with Gasteiger partial charge < -0.3 is 4.98 Å². The zero-order valence-corrected chi connectivity index (χ0v) is 11.2. The fourth-order valence-electron chi connectivity index (χ4n) is 2.87. The van der Waals surface area contributed by atoms with Crippen LogP contribution in [0.15, 0.2) is 53.4 Å². The molecule has 2 heterocycles. The summed E-state index contributed by atoms with van der Waals surface area (Å²) in [4.78, 5) is 4.45. The highest BCUT2D eigenvalue weighted by Crippen LogP contribution is 2.36. The molecule has 0 saturated heterocycles. The Kier molecular flexibility index (Phi) is 2.35. The first-order chi connectivity index (χ1) is 9.34.